The molecule has 0 saturated carbocycles. The first-order valence-corrected chi connectivity index (χ1v) is 5.83. The number of carbonyl (C=O) groups is 1. The topological polar surface area (TPSA) is 92.9 Å². The van der Waals surface area contributed by atoms with Crippen molar-refractivity contribution >= 4 is 17.3 Å². The quantitative estimate of drug-likeness (QED) is 0.656. The zero-order chi connectivity index (χ0) is 14.0. The number of hydrogen-bond acceptors (Lipinski definition) is 5. The molecule has 1 aromatic rings. The van der Waals surface area contributed by atoms with E-state index in [9.17, 15) is 20.0 Å². The number of aromatic carboxylic acids is 1. The van der Waals surface area contributed by atoms with Crippen LogP contribution < -0.4 is 4.90 Å². The van der Waals surface area contributed by atoms with E-state index < -0.39 is 10.9 Å². The first kappa shape index (κ1) is 13.3. The summed E-state index contributed by atoms with van der Waals surface area (Å²) in [7, 11) is 1.66. The Kier molecular flexibility index (Phi) is 3.66. The summed E-state index contributed by atoms with van der Waals surface area (Å²) in [6.07, 6.45) is 0.724. The number of hydrogen-bond donors (Lipinski definition) is 1. The van der Waals surface area contributed by atoms with Gasteiger partial charge >= 0.3 is 5.97 Å². The van der Waals surface area contributed by atoms with Crippen molar-refractivity contribution in [1.29, 1.82) is 0 Å². The van der Waals surface area contributed by atoms with Gasteiger partial charge in [-0.15, -0.1) is 0 Å². The average molecular weight is 266 g/mol. The number of nitro benzene ring substituents is 1. The predicted octanol–water partition coefficient (Wildman–Crippen LogP) is 1.52. The van der Waals surface area contributed by atoms with Crippen LogP contribution in [0.5, 0.6) is 0 Å². The van der Waals surface area contributed by atoms with Gasteiger partial charge in [0.15, 0.2) is 0 Å². The van der Waals surface area contributed by atoms with Crippen molar-refractivity contribution in [3.05, 3.63) is 33.9 Å². The van der Waals surface area contributed by atoms with Crippen molar-refractivity contribution in [3.8, 4) is 0 Å². The second kappa shape index (κ2) is 5.23. The Morgan fingerprint density at radius 2 is 2.32 bits per heavy atom. The number of ether oxygens (including phenoxy) is 1. The van der Waals surface area contributed by atoms with Crippen LogP contribution in [0.3, 0.4) is 0 Å². The van der Waals surface area contributed by atoms with Crippen LogP contribution in [0.2, 0.25) is 0 Å². The molecule has 0 bridgehead atoms. The number of para-hydroxylation sites is 1. The fourth-order valence-electron chi connectivity index (χ4n) is 2.23. The highest BCUT2D eigenvalue weighted by atomic mass is 16.6. The summed E-state index contributed by atoms with van der Waals surface area (Å²) in [6.45, 7) is 1.03. The normalized spacial score (nSPS) is 18.3. The highest BCUT2D eigenvalue weighted by molar-refractivity contribution is 5.97. The van der Waals surface area contributed by atoms with Crippen LogP contribution in [-0.2, 0) is 4.74 Å². The highest BCUT2D eigenvalue weighted by Gasteiger charge is 2.30. The SMILES string of the molecule is CN(c1c(C(=O)O)cccc1[N+](=O)[O-])C1CCOC1. The fraction of sp³-hybridized carbons (Fsp3) is 0.417. The number of rotatable bonds is 4. The number of carboxylic acid groups (broad SMARTS) is 1. The number of anilines is 1. The monoisotopic (exact) mass is 266 g/mol. The summed E-state index contributed by atoms with van der Waals surface area (Å²) in [5.74, 6) is -1.18. The van der Waals surface area contributed by atoms with Gasteiger partial charge in [0.1, 0.15) is 5.69 Å². The molecule has 0 aliphatic carbocycles. The maximum Gasteiger partial charge on any atom is 0.338 e. The Balaban J connectivity index is 2.50. The van der Waals surface area contributed by atoms with E-state index in [1.54, 1.807) is 11.9 Å². The molecule has 0 aromatic heterocycles. The van der Waals surface area contributed by atoms with E-state index in [1.165, 1.54) is 18.2 Å². The average Bonchev–Trinajstić information content (AvgIpc) is 2.90. The molecule has 1 unspecified atom stereocenters. The lowest BCUT2D eigenvalue weighted by Gasteiger charge is -2.26. The number of nitrogens with zero attached hydrogens (tertiary/aromatic N) is 2. The molecule has 1 aliphatic heterocycles. The zero-order valence-corrected chi connectivity index (χ0v) is 10.4. The molecule has 7 nitrogen and oxygen atoms in total. The lowest BCUT2D eigenvalue weighted by atomic mass is 10.1. The van der Waals surface area contributed by atoms with Gasteiger partial charge in [0.2, 0.25) is 0 Å². The Morgan fingerprint density at radius 1 is 1.58 bits per heavy atom. The standard InChI is InChI=1S/C12H14N2O5/c1-13(8-5-6-19-7-8)11-9(12(15)16)3-2-4-10(11)14(17)18/h2-4,8H,5-7H2,1H3,(H,15,16). The summed E-state index contributed by atoms with van der Waals surface area (Å²) in [5.41, 5.74) is -0.131. The molecular weight excluding hydrogens is 252 g/mol. The number of nitro groups is 1. The van der Waals surface area contributed by atoms with Crippen LogP contribution in [-0.4, -0.2) is 42.3 Å². The van der Waals surface area contributed by atoms with Crippen molar-refractivity contribution in [2.24, 2.45) is 0 Å². The van der Waals surface area contributed by atoms with Crippen molar-refractivity contribution in [3.63, 3.8) is 0 Å². The fourth-order valence-corrected chi connectivity index (χ4v) is 2.23. The second-order valence-corrected chi connectivity index (χ2v) is 4.36. The molecule has 1 N–H and O–H groups in total. The Labute approximate surface area is 109 Å². The summed E-state index contributed by atoms with van der Waals surface area (Å²) in [4.78, 5) is 23.4. The van der Waals surface area contributed by atoms with Gasteiger partial charge in [-0.05, 0) is 12.5 Å². The van der Waals surface area contributed by atoms with Crippen LogP contribution in [0.25, 0.3) is 0 Å². The van der Waals surface area contributed by atoms with Crippen LogP contribution in [0.1, 0.15) is 16.8 Å². The van der Waals surface area contributed by atoms with E-state index >= 15 is 0 Å². The lowest BCUT2D eigenvalue weighted by molar-refractivity contribution is -0.384. The number of carboxylic acids is 1. The third-order valence-electron chi connectivity index (χ3n) is 3.25. The van der Waals surface area contributed by atoms with Gasteiger partial charge in [-0.3, -0.25) is 10.1 Å². The van der Waals surface area contributed by atoms with E-state index in [0.717, 1.165) is 6.42 Å². The van der Waals surface area contributed by atoms with E-state index in [1.807, 2.05) is 0 Å². The van der Waals surface area contributed by atoms with Gasteiger partial charge in [0, 0.05) is 19.7 Å². The summed E-state index contributed by atoms with van der Waals surface area (Å²) in [6, 6.07) is 4.02. The maximum absolute atomic E-state index is 11.2. The summed E-state index contributed by atoms with van der Waals surface area (Å²) in [5, 5.41) is 20.3. The Morgan fingerprint density at radius 3 is 2.84 bits per heavy atom. The molecule has 1 fully saturated rings. The third kappa shape index (κ3) is 2.50. The van der Waals surface area contributed by atoms with Crippen LogP contribution >= 0.6 is 0 Å². The van der Waals surface area contributed by atoms with E-state index in [-0.39, 0.29) is 23.0 Å². The predicted molar refractivity (Wildman–Crippen MR) is 67.7 cm³/mol. The molecule has 102 valence electrons. The minimum Gasteiger partial charge on any atom is -0.478 e. The molecule has 2 rings (SSSR count). The molecule has 7 heteroatoms. The van der Waals surface area contributed by atoms with Gasteiger partial charge in [0.25, 0.3) is 5.69 Å². The van der Waals surface area contributed by atoms with Gasteiger partial charge in [-0.2, -0.15) is 0 Å². The summed E-state index contributed by atoms with van der Waals surface area (Å²) < 4.78 is 5.24. The van der Waals surface area contributed by atoms with Crippen molar-refractivity contribution in [1.82, 2.24) is 0 Å². The molecule has 0 spiro atoms. The van der Waals surface area contributed by atoms with Crippen LogP contribution in [0.4, 0.5) is 11.4 Å². The molecule has 1 aliphatic rings. The van der Waals surface area contributed by atoms with Gasteiger partial charge in [0.05, 0.1) is 23.1 Å². The molecule has 1 atom stereocenters. The number of benzene rings is 1. The maximum atomic E-state index is 11.2. The highest BCUT2D eigenvalue weighted by Crippen LogP contribution is 2.33. The molecular formula is C12H14N2O5. The molecule has 0 amide bonds. The smallest absolute Gasteiger partial charge is 0.338 e. The van der Waals surface area contributed by atoms with Crippen molar-refractivity contribution in [2.75, 3.05) is 25.2 Å². The minimum absolute atomic E-state index is 0.0424. The summed E-state index contributed by atoms with van der Waals surface area (Å²) >= 11 is 0. The molecule has 0 radical (unpaired) electrons. The van der Waals surface area contributed by atoms with Crippen LogP contribution in [0, 0.1) is 10.1 Å². The van der Waals surface area contributed by atoms with E-state index in [2.05, 4.69) is 0 Å². The molecule has 1 aromatic carbocycles. The number of likely N-dealkylation sites (N-methyl/N-ethyl adjacent to an activating group) is 1. The van der Waals surface area contributed by atoms with E-state index in [0.29, 0.717) is 13.2 Å². The van der Waals surface area contributed by atoms with Crippen molar-refractivity contribution < 1.29 is 19.6 Å². The largest absolute Gasteiger partial charge is 0.478 e. The van der Waals surface area contributed by atoms with Gasteiger partial charge < -0.3 is 14.7 Å². The minimum atomic E-state index is -1.18. The first-order chi connectivity index (χ1) is 9.02. The molecule has 1 heterocycles. The molecule has 1 saturated heterocycles. The van der Waals surface area contributed by atoms with Crippen LogP contribution in [0.15, 0.2) is 18.2 Å². The van der Waals surface area contributed by atoms with Crippen molar-refractivity contribution in [2.45, 2.75) is 12.5 Å². The Hall–Kier alpha value is -2.15. The second-order valence-electron chi connectivity index (χ2n) is 4.36. The lowest BCUT2D eigenvalue weighted by Crippen LogP contribution is -2.33. The Bertz CT molecular complexity index is 479. The third-order valence-corrected chi connectivity index (χ3v) is 3.25. The zero-order valence-electron chi connectivity index (χ0n) is 10.4. The molecule has 19 heavy (non-hydrogen) atoms. The van der Waals surface area contributed by atoms with E-state index in [4.69, 9.17) is 4.74 Å². The van der Waals surface area contributed by atoms with Gasteiger partial charge in [-0.1, -0.05) is 6.07 Å². The first-order valence-electron chi connectivity index (χ1n) is 5.83. The van der Waals surface area contributed by atoms with Gasteiger partial charge in [-0.25, -0.2) is 4.79 Å².